The highest BCUT2D eigenvalue weighted by Gasteiger charge is 2.27. The van der Waals surface area contributed by atoms with E-state index in [2.05, 4.69) is 26.1 Å². The van der Waals surface area contributed by atoms with Gasteiger partial charge in [0.05, 0.1) is 23.8 Å². The van der Waals surface area contributed by atoms with Crippen molar-refractivity contribution in [2.75, 3.05) is 26.3 Å². The van der Waals surface area contributed by atoms with Gasteiger partial charge >= 0.3 is 0 Å². The van der Waals surface area contributed by atoms with Crippen molar-refractivity contribution in [2.24, 2.45) is 0 Å². The van der Waals surface area contributed by atoms with E-state index in [9.17, 15) is 4.79 Å². The first kappa shape index (κ1) is 21.1. The summed E-state index contributed by atoms with van der Waals surface area (Å²) in [4.78, 5) is 19.7. The summed E-state index contributed by atoms with van der Waals surface area (Å²) in [5.41, 5.74) is 2.39. The molecular formula is C20H23BrN6O2S. The van der Waals surface area contributed by atoms with E-state index in [0.29, 0.717) is 54.4 Å². The van der Waals surface area contributed by atoms with Gasteiger partial charge in [0.1, 0.15) is 5.49 Å². The van der Waals surface area contributed by atoms with Crippen LogP contribution in [-0.2, 0) is 9.53 Å². The quantitative estimate of drug-likeness (QED) is 0.422. The van der Waals surface area contributed by atoms with Crippen LogP contribution in [0, 0.1) is 12.3 Å². The first-order valence-corrected chi connectivity index (χ1v) is 11.5. The van der Waals surface area contributed by atoms with Crippen LogP contribution < -0.4 is 5.49 Å². The lowest BCUT2D eigenvalue weighted by molar-refractivity contribution is -0.134. The standard InChI is InChI=1S/C20H23BrN6O2S/c1-3-15(19(28)26-8-10-29-11-9-26)30-20-23-18-16(12(2)24-25-18)17(22)27(20)14-6-4-13(21)5-7-14/h4-7,15,22H,3,8-11H2,1-2H3,(H,24,25)/t15-/m1/s1. The van der Waals surface area contributed by atoms with Crippen LogP contribution in [0.5, 0.6) is 0 Å². The van der Waals surface area contributed by atoms with E-state index < -0.39 is 0 Å². The summed E-state index contributed by atoms with van der Waals surface area (Å²) in [6.45, 7) is 6.23. The number of hydrogen-bond donors (Lipinski definition) is 2. The third-order valence-electron chi connectivity index (χ3n) is 5.08. The van der Waals surface area contributed by atoms with Crippen molar-refractivity contribution in [3.05, 3.63) is 39.9 Å². The number of benzene rings is 1. The summed E-state index contributed by atoms with van der Waals surface area (Å²) < 4.78 is 8.12. The second-order valence-electron chi connectivity index (χ2n) is 7.05. The molecule has 1 atom stereocenters. The highest BCUT2D eigenvalue weighted by atomic mass is 79.9. The number of carbonyl (C=O) groups is 1. The number of morpholine rings is 1. The molecule has 3 heterocycles. The molecule has 1 fully saturated rings. The van der Waals surface area contributed by atoms with Crippen molar-refractivity contribution >= 4 is 44.6 Å². The minimum Gasteiger partial charge on any atom is -0.378 e. The lowest BCUT2D eigenvalue weighted by Gasteiger charge is -2.30. The molecule has 2 aromatic heterocycles. The molecule has 1 amide bonds. The summed E-state index contributed by atoms with van der Waals surface area (Å²) in [5.74, 6) is 0.0831. The number of thioether (sulfide) groups is 1. The van der Waals surface area contributed by atoms with Gasteiger partial charge in [0.25, 0.3) is 0 Å². The van der Waals surface area contributed by atoms with E-state index in [1.165, 1.54) is 11.8 Å². The van der Waals surface area contributed by atoms with Crippen LogP contribution in [0.2, 0.25) is 0 Å². The fourth-order valence-electron chi connectivity index (χ4n) is 3.46. The number of carbonyl (C=O) groups excluding carboxylic acids is 1. The van der Waals surface area contributed by atoms with Gasteiger partial charge in [0.2, 0.25) is 5.91 Å². The molecule has 0 radical (unpaired) electrons. The number of nitrogens with zero attached hydrogens (tertiary/aromatic N) is 4. The number of aryl methyl sites for hydroxylation is 1. The number of ether oxygens (including phenoxy) is 1. The minimum absolute atomic E-state index is 0.0831. The Bertz CT molecular complexity index is 1120. The monoisotopic (exact) mass is 490 g/mol. The van der Waals surface area contributed by atoms with Crippen LogP contribution in [-0.4, -0.2) is 62.1 Å². The molecular weight excluding hydrogens is 468 g/mol. The van der Waals surface area contributed by atoms with Gasteiger partial charge in [-0.05, 0) is 37.6 Å². The average molecular weight is 491 g/mol. The fourth-order valence-corrected chi connectivity index (χ4v) is 4.84. The van der Waals surface area contributed by atoms with Crippen LogP contribution in [0.4, 0.5) is 0 Å². The number of aromatic amines is 1. The number of H-pyrrole nitrogens is 1. The number of nitrogens with one attached hydrogen (secondary N) is 2. The van der Waals surface area contributed by atoms with E-state index in [4.69, 9.17) is 15.1 Å². The molecule has 2 N–H and O–H groups in total. The Labute approximate surface area is 186 Å². The zero-order chi connectivity index (χ0) is 21.3. The SMILES string of the molecule is CC[C@@H](Sc1nc2n[nH]c(C)c2c(=N)n1-c1ccc(Br)cc1)C(=O)N1CCOCC1. The summed E-state index contributed by atoms with van der Waals surface area (Å²) in [7, 11) is 0. The van der Waals surface area contributed by atoms with Gasteiger partial charge < -0.3 is 9.64 Å². The lowest BCUT2D eigenvalue weighted by Crippen LogP contribution is -2.44. The molecule has 3 aromatic rings. The highest BCUT2D eigenvalue weighted by Crippen LogP contribution is 2.28. The number of fused-ring (bicyclic) bond motifs is 1. The van der Waals surface area contributed by atoms with Crippen LogP contribution in [0.3, 0.4) is 0 Å². The van der Waals surface area contributed by atoms with Crippen LogP contribution >= 0.6 is 27.7 Å². The summed E-state index contributed by atoms with van der Waals surface area (Å²) in [5, 5.41) is 17.0. The van der Waals surface area contributed by atoms with Crippen LogP contribution in [0.25, 0.3) is 16.7 Å². The number of amides is 1. The van der Waals surface area contributed by atoms with Gasteiger partial charge in [-0.3, -0.25) is 19.9 Å². The Hall–Kier alpha value is -2.17. The van der Waals surface area contributed by atoms with Crippen molar-refractivity contribution in [1.82, 2.24) is 24.6 Å². The Morgan fingerprint density at radius 1 is 1.33 bits per heavy atom. The molecule has 158 valence electrons. The van der Waals surface area contributed by atoms with E-state index in [-0.39, 0.29) is 11.2 Å². The molecule has 1 aliphatic rings. The molecule has 8 nitrogen and oxygen atoms in total. The largest absolute Gasteiger partial charge is 0.378 e. The first-order valence-electron chi connectivity index (χ1n) is 9.81. The van der Waals surface area contributed by atoms with Crippen molar-refractivity contribution in [2.45, 2.75) is 30.7 Å². The van der Waals surface area contributed by atoms with Crippen molar-refractivity contribution in [1.29, 1.82) is 5.41 Å². The van der Waals surface area contributed by atoms with E-state index in [1.54, 1.807) is 4.57 Å². The molecule has 0 unspecified atom stereocenters. The summed E-state index contributed by atoms with van der Waals surface area (Å²) >= 11 is 4.85. The predicted octanol–water partition coefficient (Wildman–Crippen LogP) is 3.03. The minimum atomic E-state index is -0.297. The van der Waals surface area contributed by atoms with E-state index in [1.807, 2.05) is 43.0 Å². The van der Waals surface area contributed by atoms with Gasteiger partial charge in [-0.1, -0.05) is 34.6 Å². The second kappa shape index (κ2) is 8.91. The Kier molecular flexibility index (Phi) is 6.26. The van der Waals surface area contributed by atoms with Crippen molar-refractivity contribution in [3.63, 3.8) is 0 Å². The lowest BCUT2D eigenvalue weighted by atomic mass is 10.2. The molecule has 4 rings (SSSR count). The number of halogens is 1. The number of hydrogen-bond acceptors (Lipinski definition) is 6. The molecule has 1 aromatic carbocycles. The van der Waals surface area contributed by atoms with Crippen LogP contribution in [0.1, 0.15) is 19.0 Å². The average Bonchev–Trinajstić information content (AvgIpc) is 3.14. The molecule has 30 heavy (non-hydrogen) atoms. The molecule has 1 aliphatic heterocycles. The van der Waals surface area contributed by atoms with E-state index >= 15 is 0 Å². The maximum atomic E-state index is 13.1. The maximum absolute atomic E-state index is 13.1. The predicted molar refractivity (Wildman–Crippen MR) is 119 cm³/mol. The third-order valence-corrected chi connectivity index (χ3v) is 6.92. The highest BCUT2D eigenvalue weighted by molar-refractivity contribution is 9.10. The second-order valence-corrected chi connectivity index (χ2v) is 9.14. The number of aromatic nitrogens is 4. The normalized spacial score (nSPS) is 15.5. The van der Waals surface area contributed by atoms with Crippen molar-refractivity contribution < 1.29 is 9.53 Å². The Morgan fingerprint density at radius 2 is 2.03 bits per heavy atom. The third kappa shape index (κ3) is 4.03. The topological polar surface area (TPSA) is 99.9 Å². The molecule has 0 saturated carbocycles. The zero-order valence-electron chi connectivity index (χ0n) is 16.8. The fraction of sp³-hybridized carbons (Fsp3) is 0.400. The Balaban J connectivity index is 1.78. The Morgan fingerprint density at radius 3 is 2.70 bits per heavy atom. The van der Waals surface area contributed by atoms with Crippen LogP contribution in [0.15, 0.2) is 33.9 Å². The first-order chi connectivity index (χ1) is 14.5. The smallest absolute Gasteiger partial charge is 0.236 e. The van der Waals surface area contributed by atoms with Gasteiger partial charge in [-0.2, -0.15) is 5.10 Å². The number of rotatable bonds is 5. The molecule has 0 bridgehead atoms. The molecule has 10 heteroatoms. The van der Waals surface area contributed by atoms with Gasteiger partial charge in [-0.15, -0.1) is 0 Å². The van der Waals surface area contributed by atoms with Crippen molar-refractivity contribution in [3.8, 4) is 5.69 Å². The van der Waals surface area contributed by atoms with Gasteiger partial charge in [0.15, 0.2) is 10.8 Å². The molecule has 0 aliphatic carbocycles. The maximum Gasteiger partial charge on any atom is 0.236 e. The summed E-state index contributed by atoms with van der Waals surface area (Å²) in [6.07, 6.45) is 0.661. The molecule has 0 spiro atoms. The van der Waals surface area contributed by atoms with Gasteiger partial charge in [-0.25, -0.2) is 4.98 Å². The summed E-state index contributed by atoms with van der Waals surface area (Å²) in [6, 6.07) is 7.72. The zero-order valence-corrected chi connectivity index (χ0v) is 19.2. The van der Waals surface area contributed by atoms with E-state index in [0.717, 1.165) is 15.9 Å². The van der Waals surface area contributed by atoms with Gasteiger partial charge in [0, 0.05) is 28.9 Å². The molecule has 1 saturated heterocycles.